The van der Waals surface area contributed by atoms with Gasteiger partial charge >= 0.3 is 24.2 Å². The molecule has 1 heterocycles. The lowest BCUT2D eigenvalue weighted by atomic mass is 10.1. The summed E-state index contributed by atoms with van der Waals surface area (Å²) < 4.78 is 15.9. The van der Waals surface area contributed by atoms with Gasteiger partial charge in [-0.25, -0.2) is 19.2 Å². The molecule has 6 N–H and O–H groups in total. The molecule has 6 rings (SSSR count). The third-order valence-electron chi connectivity index (χ3n) is 8.90. The SMILES string of the molecule is O=C(Cc1ccccc1)Nc1ccc(CCOC(=O)Nc2ccc(COC(=O)Nc3ccc(COC(=O)NC(Cc4c[nH]c5ccccc45)C(=O)O)cc3)cc2)cc1. The number of rotatable bonds is 16. The Hall–Kier alpha value is -7.61. The van der Waals surface area contributed by atoms with Gasteiger partial charge in [0.05, 0.1) is 13.0 Å². The van der Waals surface area contributed by atoms with E-state index in [4.69, 9.17) is 14.2 Å². The van der Waals surface area contributed by atoms with E-state index in [9.17, 15) is 29.1 Å². The molecule has 1 aromatic heterocycles. The normalized spacial score (nSPS) is 11.2. The van der Waals surface area contributed by atoms with Crippen LogP contribution in [0.3, 0.4) is 0 Å². The Kier molecular flexibility index (Phi) is 13.7. The number of carboxylic acids is 1. The third-order valence-corrected chi connectivity index (χ3v) is 8.90. The van der Waals surface area contributed by atoms with Crippen molar-refractivity contribution in [1.82, 2.24) is 10.3 Å². The molecule has 0 saturated carbocycles. The second-order valence-electron chi connectivity index (χ2n) is 13.2. The number of fused-ring (bicyclic) bond motifs is 1. The average Bonchev–Trinajstić information content (AvgIpc) is 3.63. The van der Waals surface area contributed by atoms with Crippen LogP contribution in [0.25, 0.3) is 10.9 Å². The molecule has 58 heavy (non-hydrogen) atoms. The van der Waals surface area contributed by atoms with E-state index in [1.165, 1.54) is 0 Å². The number of carbonyl (C=O) groups excluding carboxylic acids is 4. The number of hydrogen-bond donors (Lipinski definition) is 6. The van der Waals surface area contributed by atoms with E-state index in [0.29, 0.717) is 34.6 Å². The van der Waals surface area contributed by atoms with Crippen molar-refractivity contribution in [3.63, 3.8) is 0 Å². The van der Waals surface area contributed by atoms with E-state index in [1.54, 1.807) is 54.7 Å². The van der Waals surface area contributed by atoms with Gasteiger partial charge in [-0.2, -0.15) is 0 Å². The first-order valence-corrected chi connectivity index (χ1v) is 18.4. The number of alkyl carbamates (subject to hydrolysis) is 1. The number of ether oxygens (including phenoxy) is 3. The molecular weight excluding hydrogens is 743 g/mol. The molecule has 0 aliphatic carbocycles. The quantitative estimate of drug-likeness (QED) is 0.0530. The van der Waals surface area contributed by atoms with Crippen LogP contribution in [0.1, 0.15) is 27.8 Å². The number of benzene rings is 5. The smallest absolute Gasteiger partial charge is 0.411 e. The van der Waals surface area contributed by atoms with Crippen LogP contribution >= 0.6 is 0 Å². The van der Waals surface area contributed by atoms with Crippen LogP contribution in [-0.4, -0.2) is 52.9 Å². The van der Waals surface area contributed by atoms with E-state index in [-0.39, 0.29) is 38.6 Å². The summed E-state index contributed by atoms with van der Waals surface area (Å²) in [5.74, 6) is -1.29. The van der Waals surface area contributed by atoms with Gasteiger partial charge in [0.2, 0.25) is 5.91 Å². The molecule has 5 aromatic carbocycles. The fourth-order valence-corrected chi connectivity index (χ4v) is 5.88. The van der Waals surface area contributed by atoms with Gasteiger partial charge < -0.3 is 34.9 Å². The Morgan fingerprint density at radius 3 is 1.72 bits per heavy atom. The van der Waals surface area contributed by atoms with E-state index in [2.05, 4.69) is 26.3 Å². The predicted octanol–water partition coefficient (Wildman–Crippen LogP) is 7.81. The minimum Gasteiger partial charge on any atom is -0.480 e. The zero-order valence-corrected chi connectivity index (χ0v) is 31.2. The van der Waals surface area contributed by atoms with E-state index < -0.39 is 30.3 Å². The number of nitrogens with one attached hydrogen (secondary N) is 5. The van der Waals surface area contributed by atoms with Crippen LogP contribution in [0, 0.1) is 0 Å². The molecule has 14 nitrogen and oxygen atoms in total. The molecule has 14 heteroatoms. The Morgan fingerprint density at radius 1 is 0.569 bits per heavy atom. The summed E-state index contributed by atoms with van der Waals surface area (Å²) in [6, 6.07) is 36.4. The number of para-hydroxylation sites is 1. The average molecular weight is 784 g/mol. The number of H-pyrrole nitrogens is 1. The standard InChI is InChI=1S/C44H41N5O9/c50-40(24-30-6-2-1-3-7-30)46-34-16-10-29(11-17-34)22-23-56-42(53)47-35-18-12-31(13-19-35)27-57-43(54)48-36-20-14-32(15-21-36)28-58-44(55)49-39(41(51)52)25-33-26-45-38-9-5-4-8-37(33)38/h1-21,26,39,45H,22-25,27-28H2,(H,46,50)(H,47,53)(H,48,54)(H,49,55)(H,51,52). The lowest BCUT2D eigenvalue weighted by molar-refractivity contribution is -0.139. The highest BCUT2D eigenvalue weighted by Gasteiger charge is 2.23. The van der Waals surface area contributed by atoms with Crippen molar-refractivity contribution in [2.75, 3.05) is 22.6 Å². The summed E-state index contributed by atoms with van der Waals surface area (Å²) >= 11 is 0. The summed E-state index contributed by atoms with van der Waals surface area (Å²) in [4.78, 5) is 64.4. The molecule has 1 unspecified atom stereocenters. The molecule has 1 atom stereocenters. The van der Waals surface area contributed by atoms with Gasteiger partial charge in [0.25, 0.3) is 0 Å². The summed E-state index contributed by atoms with van der Waals surface area (Å²) in [7, 11) is 0. The molecular formula is C44H41N5O9. The van der Waals surface area contributed by atoms with Crippen molar-refractivity contribution in [3.05, 3.63) is 161 Å². The lowest BCUT2D eigenvalue weighted by Crippen LogP contribution is -2.42. The first-order valence-electron chi connectivity index (χ1n) is 18.4. The number of aliphatic carboxylic acids is 1. The van der Waals surface area contributed by atoms with Crippen LogP contribution in [0.5, 0.6) is 0 Å². The fourth-order valence-electron chi connectivity index (χ4n) is 5.88. The molecule has 0 radical (unpaired) electrons. The minimum atomic E-state index is -1.19. The molecule has 4 amide bonds. The van der Waals surface area contributed by atoms with Crippen molar-refractivity contribution in [3.8, 4) is 0 Å². The Labute approximate surface area is 333 Å². The number of amides is 4. The highest BCUT2D eigenvalue weighted by molar-refractivity contribution is 5.92. The number of carboxylic acid groups (broad SMARTS) is 1. The number of aromatic amines is 1. The number of anilines is 3. The Bertz CT molecular complexity index is 2330. The zero-order chi connectivity index (χ0) is 40.7. The van der Waals surface area contributed by atoms with Gasteiger partial charge in [-0.3, -0.25) is 15.4 Å². The topological polar surface area (TPSA) is 197 Å². The number of carbonyl (C=O) groups is 5. The first-order chi connectivity index (χ1) is 28.2. The minimum absolute atomic E-state index is 0.0231. The molecule has 6 aromatic rings. The highest BCUT2D eigenvalue weighted by atomic mass is 16.6. The lowest BCUT2D eigenvalue weighted by Gasteiger charge is -2.14. The summed E-state index contributed by atoms with van der Waals surface area (Å²) in [6.45, 7) is 0.0138. The van der Waals surface area contributed by atoms with Gasteiger partial charge in [-0.1, -0.05) is 84.9 Å². The largest absolute Gasteiger partial charge is 0.480 e. The number of hydrogen-bond acceptors (Lipinski definition) is 8. The highest BCUT2D eigenvalue weighted by Crippen LogP contribution is 2.20. The molecule has 0 bridgehead atoms. The molecule has 0 aliphatic heterocycles. The van der Waals surface area contributed by atoms with Gasteiger partial charge in [-0.05, 0) is 70.3 Å². The van der Waals surface area contributed by atoms with Gasteiger partial charge in [0, 0.05) is 47.0 Å². The van der Waals surface area contributed by atoms with E-state index in [1.807, 2.05) is 78.9 Å². The van der Waals surface area contributed by atoms with Crippen molar-refractivity contribution >= 4 is 58.1 Å². The van der Waals surface area contributed by atoms with Crippen LogP contribution in [-0.2, 0) is 56.3 Å². The van der Waals surface area contributed by atoms with E-state index >= 15 is 0 Å². The molecule has 0 saturated heterocycles. The molecule has 0 spiro atoms. The monoisotopic (exact) mass is 783 g/mol. The maximum atomic E-state index is 12.4. The van der Waals surface area contributed by atoms with Gasteiger partial charge in [0.1, 0.15) is 19.3 Å². The third kappa shape index (κ3) is 12.2. The first kappa shape index (κ1) is 40.1. The second kappa shape index (κ2) is 19.8. The van der Waals surface area contributed by atoms with Crippen molar-refractivity contribution in [1.29, 1.82) is 0 Å². The predicted molar refractivity (Wildman–Crippen MR) is 217 cm³/mol. The number of aromatic nitrogens is 1. The maximum absolute atomic E-state index is 12.4. The Balaban J connectivity index is 0.848. The van der Waals surface area contributed by atoms with Gasteiger partial charge in [0.15, 0.2) is 0 Å². The summed E-state index contributed by atoms with van der Waals surface area (Å²) in [6.07, 6.45) is 0.401. The molecule has 296 valence electrons. The van der Waals surface area contributed by atoms with Crippen LogP contribution in [0.4, 0.5) is 31.4 Å². The summed E-state index contributed by atoms with van der Waals surface area (Å²) in [5, 5.41) is 21.1. The van der Waals surface area contributed by atoms with E-state index in [0.717, 1.165) is 27.6 Å². The van der Waals surface area contributed by atoms with Crippen molar-refractivity contribution < 1.29 is 43.3 Å². The molecule has 0 aliphatic rings. The van der Waals surface area contributed by atoms with Gasteiger partial charge in [-0.15, -0.1) is 0 Å². The molecule has 0 fully saturated rings. The van der Waals surface area contributed by atoms with Crippen LogP contribution in [0.2, 0.25) is 0 Å². The van der Waals surface area contributed by atoms with Crippen molar-refractivity contribution in [2.24, 2.45) is 0 Å². The maximum Gasteiger partial charge on any atom is 0.411 e. The fraction of sp³-hybridized carbons (Fsp3) is 0.159. The zero-order valence-electron chi connectivity index (χ0n) is 31.2. The summed E-state index contributed by atoms with van der Waals surface area (Å²) in [5.41, 5.74) is 6.44. The Morgan fingerprint density at radius 2 is 1.10 bits per heavy atom. The second-order valence-corrected chi connectivity index (χ2v) is 13.2. The van der Waals surface area contributed by atoms with Crippen LogP contribution in [0.15, 0.2) is 134 Å². The van der Waals surface area contributed by atoms with Crippen molar-refractivity contribution in [2.45, 2.75) is 38.5 Å². The van der Waals surface area contributed by atoms with Crippen LogP contribution < -0.4 is 21.3 Å².